The Morgan fingerprint density at radius 1 is 0.786 bits per heavy atom. The SMILES string of the molecule is CC(NCc1ccc2ccc3ccc(CNC(C)C(=O)O)nc3c2n1)C(=O)O. The molecule has 0 aliphatic rings. The van der Waals surface area contributed by atoms with Gasteiger partial charge in [0.1, 0.15) is 12.1 Å². The molecular formula is C20H22N4O4. The first-order chi connectivity index (χ1) is 13.3. The highest BCUT2D eigenvalue weighted by Gasteiger charge is 2.12. The van der Waals surface area contributed by atoms with Gasteiger partial charge in [-0.3, -0.25) is 20.2 Å². The molecule has 28 heavy (non-hydrogen) atoms. The predicted octanol–water partition coefficient (Wildman–Crippen LogP) is 1.91. The van der Waals surface area contributed by atoms with Crippen molar-refractivity contribution in [1.82, 2.24) is 20.6 Å². The third-order valence-corrected chi connectivity index (χ3v) is 4.55. The van der Waals surface area contributed by atoms with Crippen LogP contribution in [0.1, 0.15) is 25.2 Å². The summed E-state index contributed by atoms with van der Waals surface area (Å²) in [5, 5.41) is 25.7. The molecule has 8 heteroatoms. The molecule has 3 aromatic rings. The van der Waals surface area contributed by atoms with Crippen LogP contribution in [-0.4, -0.2) is 44.2 Å². The van der Waals surface area contributed by atoms with Gasteiger partial charge in [0.15, 0.2) is 0 Å². The summed E-state index contributed by atoms with van der Waals surface area (Å²) in [4.78, 5) is 31.3. The van der Waals surface area contributed by atoms with Crippen LogP contribution in [0.3, 0.4) is 0 Å². The minimum Gasteiger partial charge on any atom is -0.480 e. The fourth-order valence-electron chi connectivity index (χ4n) is 2.74. The molecule has 2 aromatic heterocycles. The Labute approximate surface area is 161 Å². The van der Waals surface area contributed by atoms with Crippen molar-refractivity contribution in [2.75, 3.05) is 0 Å². The zero-order valence-corrected chi connectivity index (χ0v) is 15.6. The summed E-state index contributed by atoms with van der Waals surface area (Å²) >= 11 is 0. The van der Waals surface area contributed by atoms with Crippen molar-refractivity contribution in [2.24, 2.45) is 0 Å². The molecule has 146 valence electrons. The molecule has 3 rings (SSSR count). The lowest BCUT2D eigenvalue weighted by atomic mass is 10.1. The number of carboxylic acid groups (broad SMARTS) is 2. The zero-order valence-electron chi connectivity index (χ0n) is 15.6. The van der Waals surface area contributed by atoms with Gasteiger partial charge in [0, 0.05) is 23.9 Å². The number of pyridine rings is 2. The Morgan fingerprint density at radius 3 is 1.50 bits per heavy atom. The van der Waals surface area contributed by atoms with Crippen molar-refractivity contribution < 1.29 is 19.8 Å². The molecule has 0 spiro atoms. The van der Waals surface area contributed by atoms with Crippen molar-refractivity contribution in [1.29, 1.82) is 0 Å². The average molecular weight is 382 g/mol. The second-order valence-electron chi connectivity index (χ2n) is 6.70. The van der Waals surface area contributed by atoms with E-state index in [1.54, 1.807) is 13.8 Å². The molecule has 8 nitrogen and oxygen atoms in total. The van der Waals surface area contributed by atoms with E-state index in [2.05, 4.69) is 20.6 Å². The highest BCUT2D eigenvalue weighted by Crippen LogP contribution is 2.23. The summed E-state index contributed by atoms with van der Waals surface area (Å²) in [5.74, 6) is -1.83. The summed E-state index contributed by atoms with van der Waals surface area (Å²) in [7, 11) is 0. The third-order valence-electron chi connectivity index (χ3n) is 4.55. The van der Waals surface area contributed by atoms with Crippen LogP contribution in [0, 0.1) is 0 Å². The first-order valence-corrected chi connectivity index (χ1v) is 8.96. The summed E-state index contributed by atoms with van der Waals surface area (Å²) in [6.45, 7) is 3.82. The van der Waals surface area contributed by atoms with Crippen LogP contribution in [-0.2, 0) is 22.7 Å². The number of carboxylic acids is 2. The van der Waals surface area contributed by atoms with E-state index in [-0.39, 0.29) is 0 Å². The monoisotopic (exact) mass is 382 g/mol. The highest BCUT2D eigenvalue weighted by molar-refractivity contribution is 6.02. The van der Waals surface area contributed by atoms with Crippen LogP contribution in [0.15, 0.2) is 36.4 Å². The van der Waals surface area contributed by atoms with E-state index in [0.29, 0.717) is 13.1 Å². The topological polar surface area (TPSA) is 124 Å². The van der Waals surface area contributed by atoms with Crippen LogP contribution < -0.4 is 10.6 Å². The summed E-state index contributed by atoms with van der Waals surface area (Å²) in [5.41, 5.74) is 2.90. The fraction of sp³-hybridized carbons (Fsp3) is 0.300. The van der Waals surface area contributed by atoms with E-state index in [0.717, 1.165) is 33.2 Å². The number of rotatable bonds is 8. The van der Waals surface area contributed by atoms with E-state index in [1.165, 1.54) is 0 Å². The van der Waals surface area contributed by atoms with Crippen molar-refractivity contribution >= 4 is 33.7 Å². The summed E-state index contributed by atoms with van der Waals surface area (Å²) in [6.07, 6.45) is 0. The Hall–Kier alpha value is -3.10. The number of aromatic nitrogens is 2. The quantitative estimate of drug-likeness (QED) is 0.436. The maximum atomic E-state index is 11.0. The highest BCUT2D eigenvalue weighted by atomic mass is 16.4. The summed E-state index contributed by atoms with van der Waals surface area (Å²) in [6, 6.07) is 10.2. The second-order valence-corrected chi connectivity index (χ2v) is 6.70. The molecule has 4 N–H and O–H groups in total. The maximum absolute atomic E-state index is 11.0. The van der Waals surface area contributed by atoms with Crippen molar-refractivity contribution in [3.05, 3.63) is 47.8 Å². The number of benzene rings is 1. The van der Waals surface area contributed by atoms with Crippen molar-refractivity contribution in [2.45, 2.75) is 39.0 Å². The molecule has 0 aliphatic heterocycles. The molecule has 0 saturated carbocycles. The number of hydrogen-bond acceptors (Lipinski definition) is 6. The van der Waals surface area contributed by atoms with Gasteiger partial charge in [-0.05, 0) is 26.0 Å². The number of fused-ring (bicyclic) bond motifs is 3. The second kappa shape index (κ2) is 8.28. The Kier molecular flexibility index (Phi) is 5.81. The lowest BCUT2D eigenvalue weighted by molar-refractivity contribution is -0.140. The lowest BCUT2D eigenvalue weighted by Crippen LogP contribution is -2.33. The smallest absolute Gasteiger partial charge is 0.320 e. The van der Waals surface area contributed by atoms with Gasteiger partial charge in [0.05, 0.1) is 22.4 Å². The molecule has 0 fully saturated rings. The molecule has 0 saturated heterocycles. The number of aliphatic carboxylic acids is 2. The van der Waals surface area contributed by atoms with Crippen molar-refractivity contribution in [3.63, 3.8) is 0 Å². The first-order valence-electron chi connectivity index (χ1n) is 8.96. The first kappa shape index (κ1) is 19.7. The van der Waals surface area contributed by atoms with Crippen LogP contribution in [0.5, 0.6) is 0 Å². The zero-order chi connectivity index (χ0) is 20.3. The minimum atomic E-state index is -0.916. The van der Waals surface area contributed by atoms with E-state index in [9.17, 15) is 9.59 Å². The fourth-order valence-corrected chi connectivity index (χ4v) is 2.74. The number of carbonyl (C=O) groups is 2. The van der Waals surface area contributed by atoms with Gasteiger partial charge in [0.25, 0.3) is 0 Å². The van der Waals surface area contributed by atoms with Crippen LogP contribution >= 0.6 is 0 Å². The van der Waals surface area contributed by atoms with Crippen LogP contribution in [0.25, 0.3) is 21.8 Å². The normalized spacial score (nSPS) is 13.5. The molecule has 0 bridgehead atoms. The van der Waals surface area contributed by atoms with Crippen LogP contribution in [0.2, 0.25) is 0 Å². The molecule has 2 unspecified atom stereocenters. The van der Waals surface area contributed by atoms with Gasteiger partial charge in [-0.15, -0.1) is 0 Å². The minimum absolute atomic E-state index is 0.331. The number of nitrogens with zero attached hydrogens (tertiary/aromatic N) is 2. The molecule has 1 aromatic carbocycles. The summed E-state index contributed by atoms with van der Waals surface area (Å²) < 4.78 is 0. The standard InChI is InChI=1S/C20H22N4O4/c1-11(19(25)26)21-9-15-7-5-13-3-4-14-6-8-16(10-22-12(2)20(27)28)24-18(14)17(13)23-15/h3-8,11-12,21-22H,9-10H2,1-2H3,(H,25,26)(H,27,28). The van der Waals surface area contributed by atoms with Gasteiger partial charge in [-0.2, -0.15) is 0 Å². The van der Waals surface area contributed by atoms with Gasteiger partial charge in [0.2, 0.25) is 0 Å². The van der Waals surface area contributed by atoms with E-state index >= 15 is 0 Å². The van der Waals surface area contributed by atoms with Gasteiger partial charge in [-0.1, -0.05) is 24.3 Å². The van der Waals surface area contributed by atoms with E-state index < -0.39 is 24.0 Å². The molecule has 0 aliphatic carbocycles. The number of hydrogen-bond donors (Lipinski definition) is 4. The molecule has 2 heterocycles. The molecule has 0 amide bonds. The largest absolute Gasteiger partial charge is 0.480 e. The number of nitrogens with one attached hydrogen (secondary N) is 2. The van der Waals surface area contributed by atoms with Crippen LogP contribution in [0.4, 0.5) is 0 Å². The average Bonchev–Trinajstić information content (AvgIpc) is 2.69. The Bertz CT molecular complexity index is 955. The molecule has 2 atom stereocenters. The third kappa shape index (κ3) is 4.41. The van der Waals surface area contributed by atoms with Gasteiger partial charge < -0.3 is 10.2 Å². The van der Waals surface area contributed by atoms with E-state index in [1.807, 2.05) is 36.4 Å². The lowest BCUT2D eigenvalue weighted by Gasteiger charge is -2.11. The van der Waals surface area contributed by atoms with E-state index in [4.69, 9.17) is 10.2 Å². The molecular weight excluding hydrogens is 360 g/mol. The maximum Gasteiger partial charge on any atom is 0.320 e. The van der Waals surface area contributed by atoms with Gasteiger partial charge >= 0.3 is 11.9 Å². The van der Waals surface area contributed by atoms with Gasteiger partial charge in [-0.25, -0.2) is 9.97 Å². The van der Waals surface area contributed by atoms with Crippen molar-refractivity contribution in [3.8, 4) is 0 Å². The Morgan fingerprint density at radius 2 is 1.14 bits per heavy atom. The predicted molar refractivity (Wildman–Crippen MR) is 105 cm³/mol. The molecule has 0 radical (unpaired) electrons. The Balaban J connectivity index is 1.91.